The quantitative estimate of drug-likeness (QED) is 0.492. The van der Waals surface area contributed by atoms with Crippen molar-refractivity contribution < 1.29 is 36.2 Å². The number of allylic oxidation sites excluding steroid dienone is 2. The van der Waals surface area contributed by atoms with Crippen molar-refractivity contribution in [2.45, 2.75) is 31.0 Å². The van der Waals surface area contributed by atoms with Gasteiger partial charge in [-0.15, -0.1) is 0 Å². The fourth-order valence-corrected chi connectivity index (χ4v) is 2.64. The average Bonchev–Trinajstić information content (AvgIpc) is 2.83. The molecule has 0 amide bonds. The lowest BCUT2D eigenvalue weighted by molar-refractivity contribution is -0.459. The number of fused-ring (bicyclic) bond motifs is 2. The molecule has 3 unspecified atom stereocenters. The molecule has 8 heteroatoms. The molecule has 0 aromatic rings. The summed E-state index contributed by atoms with van der Waals surface area (Å²) in [5.41, 5.74) is 0. The second-order valence-electron chi connectivity index (χ2n) is 4.99. The van der Waals surface area contributed by atoms with Crippen molar-refractivity contribution in [3.63, 3.8) is 0 Å². The maximum Gasteiger partial charge on any atom is 0.453 e. The number of ether oxygens (including phenoxy) is 1. The lowest BCUT2D eigenvalue weighted by Gasteiger charge is -2.33. The highest BCUT2D eigenvalue weighted by Crippen LogP contribution is 2.47. The van der Waals surface area contributed by atoms with Crippen LogP contribution in [0.4, 0.5) is 26.3 Å². The third kappa shape index (κ3) is 2.47. The Hall–Kier alpha value is -0.760. The Morgan fingerprint density at radius 3 is 1.95 bits per heavy atom. The first-order chi connectivity index (χ1) is 8.54. The molecule has 0 spiro atoms. The minimum Gasteiger partial charge on any atom is -0.351 e. The number of alkyl halides is 6. The maximum atomic E-state index is 12.4. The molecular weight excluding hydrogens is 278 g/mol. The predicted octanol–water partition coefficient (Wildman–Crippen LogP) is 3.03. The van der Waals surface area contributed by atoms with Crippen LogP contribution < -0.4 is 0 Å². The molecule has 0 heterocycles. The van der Waals surface area contributed by atoms with Crippen LogP contribution in [-0.2, 0) is 4.74 Å². The highest BCUT2D eigenvalue weighted by atomic mass is 19.4. The molecule has 0 aromatic carbocycles. The van der Waals surface area contributed by atoms with E-state index in [-0.39, 0.29) is 11.8 Å². The fraction of sp³-hybridized carbons (Fsp3) is 0.818. The van der Waals surface area contributed by atoms with Gasteiger partial charge in [0.15, 0.2) is 0 Å². The number of aliphatic hydroxyl groups is 1. The second-order valence-corrected chi connectivity index (χ2v) is 4.99. The van der Waals surface area contributed by atoms with Gasteiger partial charge >= 0.3 is 18.1 Å². The van der Waals surface area contributed by atoms with Crippen molar-refractivity contribution in [1.29, 1.82) is 0 Å². The molecule has 1 N–H and O–H groups in total. The van der Waals surface area contributed by atoms with Crippen molar-refractivity contribution in [3.05, 3.63) is 12.2 Å². The molecule has 19 heavy (non-hydrogen) atoms. The van der Waals surface area contributed by atoms with Crippen molar-refractivity contribution in [3.8, 4) is 0 Å². The van der Waals surface area contributed by atoms with Gasteiger partial charge in [-0.25, -0.2) is 0 Å². The molecule has 1 fully saturated rings. The van der Waals surface area contributed by atoms with E-state index in [9.17, 15) is 26.3 Å². The molecule has 2 aliphatic carbocycles. The molecule has 1 saturated carbocycles. The third-order valence-corrected chi connectivity index (χ3v) is 3.69. The maximum absolute atomic E-state index is 12.4. The van der Waals surface area contributed by atoms with Gasteiger partial charge in [0, 0.05) is 0 Å². The summed E-state index contributed by atoms with van der Waals surface area (Å²) in [5, 5.41) is 8.82. The Balaban J connectivity index is 2.04. The summed E-state index contributed by atoms with van der Waals surface area (Å²) in [6.45, 7) is -0.763. The molecule has 0 radical (unpaired) electrons. The van der Waals surface area contributed by atoms with Crippen molar-refractivity contribution in [1.82, 2.24) is 0 Å². The van der Waals surface area contributed by atoms with Crippen LogP contribution in [0, 0.1) is 17.8 Å². The predicted molar refractivity (Wildman–Crippen MR) is 51.9 cm³/mol. The standard InChI is InChI=1S/C11H12F6O2/c12-10(13,14)9(18,11(15,16)17)19-5-8-4-6-1-2-7(8)3-6/h1-2,6-8,18H,3-5H2. The van der Waals surface area contributed by atoms with Gasteiger partial charge in [0.05, 0.1) is 6.61 Å². The molecule has 3 atom stereocenters. The summed E-state index contributed by atoms with van der Waals surface area (Å²) in [7, 11) is 0. The van der Waals surface area contributed by atoms with Gasteiger partial charge in [0.25, 0.3) is 0 Å². The van der Waals surface area contributed by atoms with Gasteiger partial charge in [-0.2, -0.15) is 26.3 Å². The summed E-state index contributed by atoms with van der Waals surface area (Å²) in [6.07, 6.45) is -6.93. The monoisotopic (exact) mass is 290 g/mol. The van der Waals surface area contributed by atoms with Crippen LogP contribution >= 0.6 is 0 Å². The largest absolute Gasteiger partial charge is 0.453 e. The van der Waals surface area contributed by atoms with Crippen LogP contribution in [0.25, 0.3) is 0 Å². The zero-order chi connectivity index (χ0) is 14.5. The minimum absolute atomic E-state index is 0.0595. The van der Waals surface area contributed by atoms with Crippen molar-refractivity contribution in [2.75, 3.05) is 6.61 Å². The van der Waals surface area contributed by atoms with Gasteiger partial charge in [-0.1, -0.05) is 12.2 Å². The molecule has 0 saturated heterocycles. The molecule has 0 aliphatic heterocycles. The molecule has 110 valence electrons. The van der Waals surface area contributed by atoms with Gasteiger partial charge in [-0.3, -0.25) is 0 Å². The Morgan fingerprint density at radius 1 is 1.00 bits per heavy atom. The topological polar surface area (TPSA) is 29.5 Å². The van der Waals surface area contributed by atoms with Crippen molar-refractivity contribution in [2.24, 2.45) is 17.8 Å². The number of rotatable bonds is 3. The van der Waals surface area contributed by atoms with E-state index < -0.39 is 30.7 Å². The highest BCUT2D eigenvalue weighted by Gasteiger charge is 2.72. The molecule has 0 aromatic heterocycles. The van der Waals surface area contributed by atoms with E-state index in [1.807, 2.05) is 6.08 Å². The van der Waals surface area contributed by atoms with Crippen LogP contribution in [0.15, 0.2) is 12.2 Å². The molecular formula is C11H12F6O2. The number of hydrogen-bond acceptors (Lipinski definition) is 2. The molecule has 2 rings (SSSR count). The Labute approximate surface area is 105 Å². The first-order valence-corrected chi connectivity index (χ1v) is 5.72. The van der Waals surface area contributed by atoms with Crippen LogP contribution in [0.5, 0.6) is 0 Å². The third-order valence-electron chi connectivity index (χ3n) is 3.69. The van der Waals surface area contributed by atoms with Crippen LogP contribution in [0.2, 0.25) is 0 Å². The van der Waals surface area contributed by atoms with Gasteiger partial charge < -0.3 is 9.84 Å². The molecule has 2 nitrogen and oxygen atoms in total. The summed E-state index contributed by atoms with van der Waals surface area (Å²) in [5.74, 6) is -5.36. The van der Waals surface area contributed by atoms with Crippen molar-refractivity contribution >= 4 is 0 Å². The Bertz CT molecular complexity index is 358. The fourth-order valence-electron chi connectivity index (χ4n) is 2.64. The highest BCUT2D eigenvalue weighted by molar-refractivity contribution is 5.10. The number of halogens is 6. The Kier molecular flexibility index (Phi) is 3.37. The normalized spacial score (nSPS) is 31.2. The van der Waals surface area contributed by atoms with E-state index >= 15 is 0 Å². The van der Waals surface area contributed by atoms with Crippen LogP contribution in [-0.4, -0.2) is 29.9 Å². The van der Waals surface area contributed by atoms with E-state index in [0.717, 1.165) is 6.42 Å². The lowest BCUT2D eigenvalue weighted by Crippen LogP contribution is -2.59. The van der Waals surface area contributed by atoms with Gasteiger partial charge in [-0.05, 0) is 30.6 Å². The van der Waals surface area contributed by atoms with Crippen LogP contribution in [0.3, 0.4) is 0 Å². The lowest BCUT2D eigenvalue weighted by atomic mass is 9.94. The summed E-state index contributed by atoms with van der Waals surface area (Å²) >= 11 is 0. The van der Waals surface area contributed by atoms with E-state index in [1.165, 1.54) is 0 Å². The summed E-state index contributed by atoms with van der Waals surface area (Å²) in [4.78, 5) is 0. The zero-order valence-electron chi connectivity index (χ0n) is 9.63. The molecule has 2 aliphatic rings. The smallest absolute Gasteiger partial charge is 0.351 e. The SMILES string of the molecule is OC(OCC1CC2C=CC1C2)(C(F)(F)F)C(F)(F)F. The van der Waals surface area contributed by atoms with Gasteiger partial charge in [0.1, 0.15) is 0 Å². The van der Waals surface area contributed by atoms with E-state index in [0.29, 0.717) is 6.42 Å². The van der Waals surface area contributed by atoms with Crippen LogP contribution in [0.1, 0.15) is 12.8 Å². The van der Waals surface area contributed by atoms with E-state index in [1.54, 1.807) is 6.08 Å². The summed E-state index contributed by atoms with van der Waals surface area (Å²) < 4.78 is 78.0. The number of hydrogen-bond donors (Lipinski definition) is 1. The average molecular weight is 290 g/mol. The van der Waals surface area contributed by atoms with Gasteiger partial charge in [0.2, 0.25) is 0 Å². The zero-order valence-corrected chi connectivity index (χ0v) is 9.63. The Morgan fingerprint density at radius 2 is 1.58 bits per heavy atom. The molecule has 2 bridgehead atoms. The van der Waals surface area contributed by atoms with E-state index in [2.05, 4.69) is 4.74 Å². The van der Waals surface area contributed by atoms with E-state index in [4.69, 9.17) is 5.11 Å². The first-order valence-electron chi connectivity index (χ1n) is 5.72. The summed E-state index contributed by atoms with van der Waals surface area (Å²) in [6, 6.07) is 0. The minimum atomic E-state index is -5.92. The second kappa shape index (κ2) is 4.37. The first kappa shape index (κ1) is 14.6.